The zero-order valence-electron chi connectivity index (χ0n) is 7.01. The first-order valence-electron chi connectivity index (χ1n) is 3.75. The van der Waals surface area contributed by atoms with Crippen LogP contribution in [0.2, 0.25) is 0 Å². The number of hydrogen-bond donors (Lipinski definition) is 0. The quantitative estimate of drug-likeness (QED) is 0.677. The summed E-state index contributed by atoms with van der Waals surface area (Å²) in [5.41, 5.74) is 1.46. The molecule has 2 aromatic heterocycles. The molecule has 0 spiro atoms. The first kappa shape index (κ1) is 7.85. The van der Waals surface area contributed by atoms with Crippen LogP contribution in [0.4, 0.5) is 0 Å². The van der Waals surface area contributed by atoms with Crippen LogP contribution in [0.5, 0.6) is 0 Å². The van der Waals surface area contributed by atoms with Gasteiger partial charge in [0.25, 0.3) is 0 Å². The van der Waals surface area contributed by atoms with Crippen molar-refractivity contribution in [3.8, 4) is 0 Å². The van der Waals surface area contributed by atoms with E-state index in [2.05, 4.69) is 24.9 Å². The molecule has 0 unspecified atom stereocenters. The zero-order valence-corrected chi connectivity index (χ0v) is 7.01. The smallest absolute Gasteiger partial charge is 0.148 e. The highest BCUT2D eigenvalue weighted by molar-refractivity contribution is 5.32. The lowest BCUT2D eigenvalue weighted by Gasteiger charge is -2.02. The molecule has 65 valence electrons. The van der Waals surface area contributed by atoms with Crippen molar-refractivity contribution in [1.29, 1.82) is 0 Å². The fourth-order valence-electron chi connectivity index (χ4n) is 0.952. The molecular weight excluding hydrogens is 168 g/mol. The van der Waals surface area contributed by atoms with E-state index in [-0.39, 0.29) is 0 Å². The third-order valence-corrected chi connectivity index (χ3v) is 1.69. The fourth-order valence-corrected chi connectivity index (χ4v) is 0.952. The lowest BCUT2D eigenvalue weighted by atomic mass is 10.1. The molecule has 2 aromatic rings. The normalized spacial score (nSPS) is 10.6. The van der Waals surface area contributed by atoms with Crippen molar-refractivity contribution in [3.05, 3.63) is 42.2 Å². The Hall–Kier alpha value is -1.78. The van der Waals surface area contributed by atoms with E-state index in [9.17, 15) is 0 Å². The third-order valence-electron chi connectivity index (χ3n) is 1.69. The van der Waals surface area contributed by atoms with Crippen LogP contribution in [0.15, 0.2) is 29.4 Å². The number of aromatic nitrogens is 4. The molecule has 5 heteroatoms. The van der Waals surface area contributed by atoms with Crippen LogP contribution in [0.1, 0.15) is 18.3 Å². The molecule has 0 amide bonds. The van der Waals surface area contributed by atoms with Crippen LogP contribution in [-0.4, -0.2) is 20.3 Å². The van der Waals surface area contributed by atoms with Gasteiger partial charge in [0, 0.05) is 23.9 Å². The minimum atomic E-state index is 0.681. The van der Waals surface area contributed by atoms with Gasteiger partial charge in [0.2, 0.25) is 0 Å². The lowest BCUT2D eigenvalue weighted by molar-refractivity contribution is 0.393. The van der Waals surface area contributed by atoms with E-state index in [1.54, 1.807) is 18.6 Å². The van der Waals surface area contributed by atoms with Gasteiger partial charge >= 0.3 is 0 Å². The SMILES string of the molecule is C[C](c1cnccn1)c1conn1. The molecule has 5 nitrogen and oxygen atoms in total. The van der Waals surface area contributed by atoms with Gasteiger partial charge in [0.15, 0.2) is 0 Å². The molecule has 2 rings (SSSR count). The summed E-state index contributed by atoms with van der Waals surface area (Å²) in [5, 5.41) is 7.15. The highest BCUT2D eigenvalue weighted by Crippen LogP contribution is 2.16. The predicted octanol–water partition coefficient (Wildman–Crippen LogP) is 0.850. The van der Waals surface area contributed by atoms with Crippen molar-refractivity contribution in [1.82, 2.24) is 20.3 Å². The lowest BCUT2D eigenvalue weighted by Crippen LogP contribution is -2.00. The Bertz CT molecular complexity index is 359. The predicted molar refractivity (Wildman–Crippen MR) is 43.5 cm³/mol. The van der Waals surface area contributed by atoms with Crippen LogP contribution in [0, 0.1) is 5.92 Å². The van der Waals surface area contributed by atoms with Gasteiger partial charge in [-0.25, -0.2) is 0 Å². The maximum atomic E-state index is 4.63. The second kappa shape index (κ2) is 3.30. The van der Waals surface area contributed by atoms with E-state index in [0.29, 0.717) is 5.69 Å². The maximum Gasteiger partial charge on any atom is 0.148 e. The highest BCUT2D eigenvalue weighted by atomic mass is 16.5. The second-order valence-corrected chi connectivity index (χ2v) is 2.51. The molecule has 0 fully saturated rings. The molecule has 1 radical (unpaired) electrons. The van der Waals surface area contributed by atoms with Gasteiger partial charge in [0.1, 0.15) is 12.0 Å². The molecule has 0 N–H and O–H groups in total. The largest absolute Gasteiger partial charge is 0.345 e. The molecule has 0 aromatic carbocycles. The standard InChI is InChI=1S/C8H7N4O/c1-6(8-5-13-12-11-8)7-4-9-2-3-10-7/h2-5H,1H3. The molecule has 0 saturated carbocycles. The summed E-state index contributed by atoms with van der Waals surface area (Å²) < 4.78 is 4.63. The summed E-state index contributed by atoms with van der Waals surface area (Å²) in [7, 11) is 0. The van der Waals surface area contributed by atoms with Gasteiger partial charge in [-0.1, -0.05) is 0 Å². The zero-order chi connectivity index (χ0) is 9.10. The Morgan fingerprint density at radius 1 is 1.31 bits per heavy atom. The minimum absolute atomic E-state index is 0.681. The average molecular weight is 175 g/mol. The monoisotopic (exact) mass is 175 g/mol. The number of nitrogens with zero attached hydrogens (tertiary/aromatic N) is 4. The molecule has 0 aliphatic rings. The van der Waals surface area contributed by atoms with E-state index >= 15 is 0 Å². The van der Waals surface area contributed by atoms with Crippen molar-refractivity contribution in [2.45, 2.75) is 6.92 Å². The van der Waals surface area contributed by atoms with Gasteiger partial charge in [-0.2, -0.15) is 0 Å². The highest BCUT2D eigenvalue weighted by Gasteiger charge is 2.13. The number of rotatable bonds is 2. The topological polar surface area (TPSA) is 64.7 Å². The van der Waals surface area contributed by atoms with Crippen molar-refractivity contribution in [2.75, 3.05) is 0 Å². The van der Waals surface area contributed by atoms with Gasteiger partial charge < -0.3 is 4.52 Å². The summed E-state index contributed by atoms with van der Waals surface area (Å²) in [5.74, 6) is 0.898. The second-order valence-electron chi connectivity index (χ2n) is 2.51. The summed E-state index contributed by atoms with van der Waals surface area (Å²) in [6.07, 6.45) is 6.40. The summed E-state index contributed by atoms with van der Waals surface area (Å²) in [4.78, 5) is 8.08. The first-order valence-corrected chi connectivity index (χ1v) is 3.75. The van der Waals surface area contributed by atoms with Crippen LogP contribution in [0.25, 0.3) is 0 Å². The maximum absolute atomic E-state index is 4.63. The molecular formula is C8H7N4O. The van der Waals surface area contributed by atoms with Crippen LogP contribution in [-0.2, 0) is 0 Å². The summed E-state index contributed by atoms with van der Waals surface area (Å²) >= 11 is 0. The minimum Gasteiger partial charge on any atom is -0.345 e. The molecule has 13 heavy (non-hydrogen) atoms. The van der Waals surface area contributed by atoms with E-state index in [1.165, 1.54) is 6.26 Å². The average Bonchev–Trinajstić information content (AvgIpc) is 2.71. The van der Waals surface area contributed by atoms with Gasteiger partial charge in [-0.3, -0.25) is 9.97 Å². The Morgan fingerprint density at radius 2 is 2.23 bits per heavy atom. The molecule has 0 aliphatic carbocycles. The first-order chi connectivity index (χ1) is 6.38. The van der Waals surface area contributed by atoms with Crippen LogP contribution < -0.4 is 0 Å². The van der Waals surface area contributed by atoms with Gasteiger partial charge in [0.05, 0.1) is 11.6 Å². The fraction of sp³-hybridized carbons (Fsp3) is 0.125. The van der Waals surface area contributed by atoms with E-state index in [4.69, 9.17) is 0 Å². The molecule has 0 atom stereocenters. The molecule has 0 saturated heterocycles. The summed E-state index contributed by atoms with van der Waals surface area (Å²) in [6, 6.07) is 0. The van der Waals surface area contributed by atoms with Crippen molar-refractivity contribution in [2.24, 2.45) is 0 Å². The van der Waals surface area contributed by atoms with Gasteiger partial charge in [-0.15, -0.1) is 5.10 Å². The molecule has 0 aliphatic heterocycles. The van der Waals surface area contributed by atoms with Crippen molar-refractivity contribution >= 4 is 0 Å². The van der Waals surface area contributed by atoms with Crippen LogP contribution in [0.3, 0.4) is 0 Å². The van der Waals surface area contributed by atoms with E-state index in [1.807, 2.05) is 6.92 Å². The molecule has 0 bridgehead atoms. The Kier molecular flexibility index (Phi) is 1.99. The van der Waals surface area contributed by atoms with E-state index < -0.39 is 0 Å². The summed E-state index contributed by atoms with van der Waals surface area (Å²) in [6.45, 7) is 1.89. The molecule has 2 heterocycles. The van der Waals surface area contributed by atoms with Crippen molar-refractivity contribution < 1.29 is 4.52 Å². The van der Waals surface area contributed by atoms with Crippen LogP contribution >= 0.6 is 0 Å². The Balaban J connectivity index is 2.29. The van der Waals surface area contributed by atoms with E-state index in [0.717, 1.165) is 11.6 Å². The van der Waals surface area contributed by atoms with Crippen molar-refractivity contribution in [3.63, 3.8) is 0 Å². The Labute approximate surface area is 74.8 Å². The third kappa shape index (κ3) is 1.53. The number of hydrogen-bond acceptors (Lipinski definition) is 5. The Morgan fingerprint density at radius 3 is 2.85 bits per heavy atom. The van der Waals surface area contributed by atoms with Gasteiger partial charge in [-0.05, 0) is 6.92 Å².